The van der Waals surface area contributed by atoms with Gasteiger partial charge in [-0.1, -0.05) is 6.07 Å². The quantitative estimate of drug-likeness (QED) is 0.843. The molecule has 1 aliphatic heterocycles. The molecule has 1 fully saturated rings. The summed E-state index contributed by atoms with van der Waals surface area (Å²) < 4.78 is 5.22. The molecule has 1 saturated heterocycles. The van der Waals surface area contributed by atoms with E-state index in [2.05, 4.69) is 17.0 Å². The number of anilines is 1. The Bertz CT molecular complexity index is 340. The summed E-state index contributed by atoms with van der Waals surface area (Å²) in [4.78, 5) is 2.36. The molecule has 0 aliphatic carbocycles. The van der Waals surface area contributed by atoms with Gasteiger partial charge in [-0.3, -0.25) is 0 Å². The van der Waals surface area contributed by atoms with Gasteiger partial charge in [0.25, 0.3) is 0 Å². The third-order valence-corrected chi connectivity index (χ3v) is 3.24. The zero-order valence-corrected chi connectivity index (χ0v) is 9.72. The molecule has 2 rings (SSSR count). The third-order valence-electron chi connectivity index (χ3n) is 3.24. The number of ether oxygens (including phenoxy) is 1. The van der Waals surface area contributed by atoms with Crippen LogP contribution in [0.4, 0.5) is 5.69 Å². The van der Waals surface area contributed by atoms with E-state index in [9.17, 15) is 0 Å². The van der Waals surface area contributed by atoms with Crippen LogP contribution in [0.15, 0.2) is 24.3 Å². The molecule has 1 unspecified atom stereocenters. The summed E-state index contributed by atoms with van der Waals surface area (Å²) in [7, 11) is 1.69. The Labute approximate surface area is 96.6 Å². The number of hydrogen-bond acceptors (Lipinski definition) is 3. The molecule has 1 aromatic rings. The lowest BCUT2D eigenvalue weighted by Gasteiger charge is -2.19. The summed E-state index contributed by atoms with van der Waals surface area (Å²) in [6.07, 6.45) is 2.10. The number of methoxy groups -OCH3 is 1. The molecule has 1 N–H and O–H groups in total. The molecule has 1 atom stereocenters. The molecule has 1 aliphatic rings. The van der Waals surface area contributed by atoms with Crippen molar-refractivity contribution >= 4 is 5.69 Å². The monoisotopic (exact) mass is 221 g/mol. The van der Waals surface area contributed by atoms with E-state index in [0.717, 1.165) is 25.3 Å². The lowest BCUT2D eigenvalue weighted by molar-refractivity contribution is 0.263. The normalized spacial score (nSPS) is 20.1. The highest BCUT2D eigenvalue weighted by molar-refractivity contribution is 5.51. The van der Waals surface area contributed by atoms with Gasteiger partial charge in [0.2, 0.25) is 0 Å². The van der Waals surface area contributed by atoms with Gasteiger partial charge in [-0.2, -0.15) is 0 Å². The molecule has 3 nitrogen and oxygen atoms in total. The number of nitrogens with zero attached hydrogens (tertiary/aromatic N) is 1. The maximum Gasteiger partial charge on any atom is 0.120 e. The van der Waals surface area contributed by atoms with Crippen LogP contribution in [0, 0.1) is 5.92 Å². The van der Waals surface area contributed by atoms with Gasteiger partial charge in [0.05, 0.1) is 7.11 Å². The zero-order valence-electron chi connectivity index (χ0n) is 9.72. The van der Waals surface area contributed by atoms with Crippen LogP contribution in [-0.2, 0) is 0 Å². The Kier molecular flexibility index (Phi) is 3.67. The van der Waals surface area contributed by atoms with E-state index in [1.807, 2.05) is 12.1 Å². The van der Waals surface area contributed by atoms with Crippen molar-refractivity contribution in [2.45, 2.75) is 12.8 Å². The van der Waals surface area contributed by atoms with Crippen LogP contribution in [0.5, 0.6) is 5.75 Å². The average Bonchev–Trinajstić information content (AvgIpc) is 2.78. The van der Waals surface area contributed by atoms with Crippen molar-refractivity contribution in [2.75, 3.05) is 31.7 Å². The van der Waals surface area contributed by atoms with Crippen molar-refractivity contribution in [3.63, 3.8) is 0 Å². The molecular formula is C13H19NO2. The first-order chi connectivity index (χ1) is 7.83. The summed E-state index contributed by atoms with van der Waals surface area (Å²) in [5.74, 6) is 1.54. The lowest BCUT2D eigenvalue weighted by atomic mass is 10.1. The minimum Gasteiger partial charge on any atom is -0.497 e. The largest absolute Gasteiger partial charge is 0.497 e. The Morgan fingerprint density at radius 3 is 3.12 bits per heavy atom. The first-order valence-electron chi connectivity index (χ1n) is 5.83. The molecule has 88 valence electrons. The molecule has 0 bridgehead atoms. The second kappa shape index (κ2) is 5.21. The smallest absolute Gasteiger partial charge is 0.120 e. The van der Waals surface area contributed by atoms with Crippen molar-refractivity contribution in [3.8, 4) is 5.75 Å². The number of benzene rings is 1. The highest BCUT2D eigenvalue weighted by atomic mass is 16.5. The summed E-state index contributed by atoms with van der Waals surface area (Å²) >= 11 is 0. The standard InChI is InChI=1S/C13H19NO2/c1-16-13-4-2-3-12(9-13)14-7-5-11(10-14)6-8-15/h2-4,9,11,15H,5-8,10H2,1H3. The summed E-state index contributed by atoms with van der Waals surface area (Å²) in [5.41, 5.74) is 1.22. The molecule has 16 heavy (non-hydrogen) atoms. The molecule has 0 radical (unpaired) electrons. The number of aliphatic hydroxyl groups is 1. The second-order valence-corrected chi connectivity index (χ2v) is 4.31. The zero-order chi connectivity index (χ0) is 11.4. The molecule has 3 heteroatoms. The van der Waals surface area contributed by atoms with E-state index < -0.39 is 0 Å². The van der Waals surface area contributed by atoms with Gasteiger partial charge < -0.3 is 14.7 Å². The number of hydrogen-bond donors (Lipinski definition) is 1. The molecule has 1 heterocycles. The summed E-state index contributed by atoms with van der Waals surface area (Å²) in [6.45, 7) is 2.43. The van der Waals surface area contributed by atoms with E-state index in [4.69, 9.17) is 9.84 Å². The van der Waals surface area contributed by atoms with Gasteiger partial charge in [-0.25, -0.2) is 0 Å². The van der Waals surface area contributed by atoms with E-state index in [1.54, 1.807) is 7.11 Å². The van der Waals surface area contributed by atoms with Gasteiger partial charge in [0.15, 0.2) is 0 Å². The fraction of sp³-hybridized carbons (Fsp3) is 0.538. The van der Waals surface area contributed by atoms with Gasteiger partial charge in [0.1, 0.15) is 5.75 Å². The van der Waals surface area contributed by atoms with Crippen LogP contribution < -0.4 is 9.64 Å². The van der Waals surface area contributed by atoms with Crippen molar-refractivity contribution in [1.29, 1.82) is 0 Å². The van der Waals surface area contributed by atoms with Gasteiger partial charge in [0, 0.05) is 31.5 Å². The minimum atomic E-state index is 0.302. The van der Waals surface area contributed by atoms with E-state index >= 15 is 0 Å². The Hall–Kier alpha value is -1.22. The highest BCUT2D eigenvalue weighted by Crippen LogP contribution is 2.27. The van der Waals surface area contributed by atoms with Crippen molar-refractivity contribution < 1.29 is 9.84 Å². The third kappa shape index (κ3) is 2.47. The van der Waals surface area contributed by atoms with Crippen LogP contribution in [0.2, 0.25) is 0 Å². The molecular weight excluding hydrogens is 202 g/mol. The second-order valence-electron chi connectivity index (χ2n) is 4.31. The maximum absolute atomic E-state index is 8.93. The molecule has 0 amide bonds. The predicted molar refractivity (Wildman–Crippen MR) is 65.0 cm³/mol. The summed E-state index contributed by atoms with van der Waals surface area (Å²) in [6, 6.07) is 8.17. The molecule has 1 aromatic carbocycles. The van der Waals surface area contributed by atoms with E-state index in [1.165, 1.54) is 12.1 Å². The Morgan fingerprint density at radius 1 is 1.50 bits per heavy atom. The van der Waals surface area contributed by atoms with Crippen LogP contribution in [-0.4, -0.2) is 31.9 Å². The van der Waals surface area contributed by atoms with Crippen LogP contribution in [0.3, 0.4) is 0 Å². The predicted octanol–water partition coefficient (Wildman–Crippen LogP) is 1.90. The Morgan fingerprint density at radius 2 is 2.38 bits per heavy atom. The fourth-order valence-electron chi connectivity index (χ4n) is 2.29. The van der Waals surface area contributed by atoms with Crippen molar-refractivity contribution in [3.05, 3.63) is 24.3 Å². The van der Waals surface area contributed by atoms with E-state index in [0.29, 0.717) is 12.5 Å². The molecule has 0 spiro atoms. The van der Waals surface area contributed by atoms with Crippen molar-refractivity contribution in [2.24, 2.45) is 5.92 Å². The fourth-order valence-corrected chi connectivity index (χ4v) is 2.29. The number of rotatable bonds is 4. The first kappa shape index (κ1) is 11.3. The Balaban J connectivity index is 2.02. The molecule has 0 saturated carbocycles. The number of aliphatic hydroxyl groups excluding tert-OH is 1. The average molecular weight is 221 g/mol. The molecule has 0 aromatic heterocycles. The summed E-state index contributed by atoms with van der Waals surface area (Å²) in [5, 5.41) is 8.93. The first-order valence-corrected chi connectivity index (χ1v) is 5.83. The van der Waals surface area contributed by atoms with Crippen molar-refractivity contribution in [1.82, 2.24) is 0 Å². The van der Waals surface area contributed by atoms with Gasteiger partial charge >= 0.3 is 0 Å². The highest BCUT2D eigenvalue weighted by Gasteiger charge is 2.22. The lowest BCUT2D eigenvalue weighted by Crippen LogP contribution is -2.19. The minimum absolute atomic E-state index is 0.302. The van der Waals surface area contributed by atoms with Crippen LogP contribution in [0.1, 0.15) is 12.8 Å². The van der Waals surface area contributed by atoms with Crippen LogP contribution in [0.25, 0.3) is 0 Å². The van der Waals surface area contributed by atoms with Gasteiger partial charge in [-0.05, 0) is 30.9 Å². The maximum atomic E-state index is 8.93. The van der Waals surface area contributed by atoms with E-state index in [-0.39, 0.29) is 0 Å². The van der Waals surface area contributed by atoms with Gasteiger partial charge in [-0.15, -0.1) is 0 Å². The van der Waals surface area contributed by atoms with Crippen LogP contribution >= 0.6 is 0 Å². The topological polar surface area (TPSA) is 32.7 Å². The SMILES string of the molecule is COc1cccc(N2CCC(CCO)C2)c1.